The summed E-state index contributed by atoms with van der Waals surface area (Å²) in [7, 11) is -3.57. The van der Waals surface area contributed by atoms with Gasteiger partial charge in [0.15, 0.2) is 27.5 Å². The zero-order chi connectivity index (χ0) is 18.4. The van der Waals surface area contributed by atoms with Crippen LogP contribution in [0.1, 0.15) is 13.2 Å². The van der Waals surface area contributed by atoms with Gasteiger partial charge in [-0.15, -0.1) is 11.6 Å². The molecular formula is C13H16ClN5O5S. The summed E-state index contributed by atoms with van der Waals surface area (Å²) >= 11 is 6.40. The van der Waals surface area contributed by atoms with Crippen LogP contribution in [0.2, 0.25) is 0 Å². The monoisotopic (exact) mass is 389 g/mol. The highest BCUT2D eigenvalue weighted by Crippen LogP contribution is 2.38. The third-order valence-corrected chi connectivity index (χ3v) is 6.10. The Morgan fingerprint density at radius 3 is 2.80 bits per heavy atom. The quantitative estimate of drug-likeness (QED) is 0.560. The number of anilines is 1. The molecule has 1 saturated heterocycles. The predicted molar refractivity (Wildman–Crippen MR) is 88.6 cm³/mol. The molecule has 136 valence electrons. The van der Waals surface area contributed by atoms with E-state index in [1.54, 1.807) is 0 Å². The molecule has 0 bridgehead atoms. The summed E-state index contributed by atoms with van der Waals surface area (Å²) in [6.45, 7) is 1.000. The molecule has 0 saturated carbocycles. The number of carbonyl (C=O) groups excluding carboxylic acids is 1. The summed E-state index contributed by atoms with van der Waals surface area (Å²) < 4.78 is 36.5. The second-order valence-corrected chi connectivity index (χ2v) is 8.40. The fourth-order valence-electron chi connectivity index (χ4n) is 2.82. The number of nitrogen functional groups attached to an aromatic ring is 1. The minimum atomic E-state index is -3.57. The molecular weight excluding hydrogens is 374 g/mol. The van der Waals surface area contributed by atoms with Crippen molar-refractivity contribution in [2.45, 2.75) is 29.9 Å². The molecule has 0 amide bonds. The van der Waals surface area contributed by atoms with Crippen LogP contribution in [-0.4, -0.2) is 63.5 Å². The van der Waals surface area contributed by atoms with Crippen molar-refractivity contribution in [3.05, 3.63) is 12.7 Å². The Morgan fingerprint density at radius 1 is 1.44 bits per heavy atom. The van der Waals surface area contributed by atoms with Gasteiger partial charge in [-0.2, -0.15) is 0 Å². The zero-order valence-electron chi connectivity index (χ0n) is 13.4. The van der Waals surface area contributed by atoms with Crippen LogP contribution in [-0.2, 0) is 24.1 Å². The van der Waals surface area contributed by atoms with Crippen molar-refractivity contribution in [3.8, 4) is 0 Å². The molecule has 3 heterocycles. The van der Waals surface area contributed by atoms with E-state index in [2.05, 4.69) is 15.0 Å². The molecule has 2 N–H and O–H groups in total. The summed E-state index contributed by atoms with van der Waals surface area (Å²) in [4.78, 5) is 23.1. The van der Waals surface area contributed by atoms with E-state index in [1.807, 2.05) is 0 Å². The number of imidazole rings is 1. The number of fused-ring (bicyclic) bond motifs is 1. The van der Waals surface area contributed by atoms with E-state index >= 15 is 0 Å². The zero-order valence-corrected chi connectivity index (χ0v) is 14.9. The number of ether oxygens (including phenoxy) is 2. The Kier molecular flexibility index (Phi) is 4.56. The highest BCUT2D eigenvalue weighted by atomic mass is 35.5. The maximum Gasteiger partial charge on any atom is 0.302 e. The van der Waals surface area contributed by atoms with E-state index in [4.69, 9.17) is 26.8 Å². The second-order valence-electron chi connectivity index (χ2n) is 5.69. The van der Waals surface area contributed by atoms with E-state index in [0.717, 1.165) is 6.26 Å². The first kappa shape index (κ1) is 17.8. The van der Waals surface area contributed by atoms with E-state index in [0.29, 0.717) is 11.2 Å². The number of alkyl halides is 1. The fraction of sp³-hybridized carbons (Fsp3) is 0.538. The molecule has 0 aromatic carbocycles. The Labute approximate surface area is 148 Å². The van der Waals surface area contributed by atoms with Crippen molar-refractivity contribution >= 4 is 44.4 Å². The van der Waals surface area contributed by atoms with Crippen LogP contribution in [0, 0.1) is 0 Å². The highest BCUT2D eigenvalue weighted by Gasteiger charge is 2.50. The third-order valence-electron chi connectivity index (χ3n) is 3.87. The van der Waals surface area contributed by atoms with Gasteiger partial charge in [0.1, 0.15) is 29.8 Å². The number of carbonyl (C=O) groups is 1. The normalized spacial score (nSPS) is 26.8. The lowest BCUT2D eigenvalue weighted by Crippen LogP contribution is -2.38. The maximum absolute atomic E-state index is 12.2. The Bertz CT molecular complexity index is 917. The van der Waals surface area contributed by atoms with Gasteiger partial charge in [-0.05, 0) is 0 Å². The molecule has 2 aromatic heterocycles. The van der Waals surface area contributed by atoms with Gasteiger partial charge in [0.2, 0.25) is 0 Å². The summed E-state index contributed by atoms with van der Waals surface area (Å²) in [6, 6.07) is 0. The van der Waals surface area contributed by atoms with E-state index in [-0.39, 0.29) is 12.4 Å². The first-order valence-corrected chi connectivity index (χ1v) is 9.64. The standard InChI is InChI=1S/C13H16ClN5O5S/c1-6(20)23-3-7-10(25(2,21)22)8(14)13(24-7)19-5-18-9-11(15)16-4-17-12(9)19/h4-5,7-8,10,13H,3H2,1-2H3,(H2,15,16,17)/t7-,8-,10+,13-/m1/s1. The number of rotatable bonds is 4. The van der Waals surface area contributed by atoms with Crippen molar-refractivity contribution in [2.75, 3.05) is 18.6 Å². The molecule has 4 atom stereocenters. The third kappa shape index (κ3) is 3.26. The van der Waals surface area contributed by atoms with Gasteiger partial charge >= 0.3 is 5.97 Å². The number of sulfone groups is 1. The predicted octanol–water partition coefficient (Wildman–Crippen LogP) is -0.110. The lowest BCUT2D eigenvalue weighted by molar-refractivity contribution is -0.145. The molecule has 0 unspecified atom stereocenters. The SMILES string of the molecule is CC(=O)OC[C@H]1O[C@@H](n2cnc3c(N)ncnc32)[C@H](Cl)[C@H]1S(C)(=O)=O. The Balaban J connectivity index is 1.99. The van der Waals surface area contributed by atoms with E-state index in [1.165, 1.54) is 24.1 Å². The summed E-state index contributed by atoms with van der Waals surface area (Å²) in [5.74, 6) is -0.358. The van der Waals surface area contributed by atoms with Crippen molar-refractivity contribution in [1.82, 2.24) is 19.5 Å². The molecule has 0 spiro atoms. The van der Waals surface area contributed by atoms with Crippen molar-refractivity contribution < 1.29 is 22.7 Å². The molecule has 2 aromatic rings. The fourth-order valence-corrected chi connectivity index (χ4v) is 5.02. The molecule has 1 aliphatic heterocycles. The van der Waals surface area contributed by atoms with Crippen LogP contribution in [0.15, 0.2) is 12.7 Å². The van der Waals surface area contributed by atoms with Crippen LogP contribution in [0.25, 0.3) is 11.2 Å². The van der Waals surface area contributed by atoms with Crippen molar-refractivity contribution in [3.63, 3.8) is 0 Å². The number of nitrogens with zero attached hydrogens (tertiary/aromatic N) is 4. The largest absolute Gasteiger partial charge is 0.463 e. The molecule has 3 rings (SSSR count). The van der Waals surface area contributed by atoms with Gasteiger partial charge < -0.3 is 15.2 Å². The van der Waals surface area contributed by atoms with Crippen molar-refractivity contribution in [1.29, 1.82) is 0 Å². The second kappa shape index (κ2) is 6.39. The van der Waals surface area contributed by atoms with Crippen LogP contribution < -0.4 is 5.73 Å². The number of nitrogens with two attached hydrogens (primary N) is 1. The molecule has 1 fully saturated rings. The number of halogens is 1. The topological polar surface area (TPSA) is 139 Å². The average Bonchev–Trinajstić information content (AvgIpc) is 3.06. The van der Waals surface area contributed by atoms with E-state index < -0.39 is 38.8 Å². The van der Waals surface area contributed by atoms with Gasteiger partial charge in [-0.25, -0.2) is 23.4 Å². The first-order chi connectivity index (χ1) is 11.7. The number of hydrogen-bond donors (Lipinski definition) is 1. The maximum atomic E-state index is 12.2. The average molecular weight is 390 g/mol. The number of aromatic nitrogens is 4. The van der Waals surface area contributed by atoms with Gasteiger partial charge in [0.25, 0.3) is 0 Å². The summed E-state index contributed by atoms with van der Waals surface area (Å²) in [6.07, 6.45) is 1.94. The summed E-state index contributed by atoms with van der Waals surface area (Å²) in [5, 5.41) is -2.00. The van der Waals surface area contributed by atoms with Crippen LogP contribution in [0.4, 0.5) is 5.82 Å². The molecule has 0 aliphatic carbocycles. The first-order valence-electron chi connectivity index (χ1n) is 7.25. The lowest BCUT2D eigenvalue weighted by Gasteiger charge is -2.17. The molecule has 10 nitrogen and oxygen atoms in total. The lowest BCUT2D eigenvalue weighted by atomic mass is 10.2. The summed E-state index contributed by atoms with van der Waals surface area (Å²) in [5.41, 5.74) is 6.47. The Hall–Kier alpha value is -1.98. The van der Waals surface area contributed by atoms with Crippen molar-refractivity contribution in [2.24, 2.45) is 0 Å². The van der Waals surface area contributed by atoms with Gasteiger partial charge in [0.05, 0.1) is 11.7 Å². The van der Waals surface area contributed by atoms with Crippen LogP contribution in [0.3, 0.4) is 0 Å². The number of esters is 1. The van der Waals surface area contributed by atoms with Gasteiger partial charge in [-0.3, -0.25) is 9.36 Å². The minimum absolute atomic E-state index is 0.184. The van der Waals surface area contributed by atoms with Crippen LogP contribution >= 0.6 is 11.6 Å². The van der Waals surface area contributed by atoms with Gasteiger partial charge in [0, 0.05) is 13.2 Å². The molecule has 25 heavy (non-hydrogen) atoms. The minimum Gasteiger partial charge on any atom is -0.463 e. The molecule has 12 heteroatoms. The highest BCUT2D eigenvalue weighted by molar-refractivity contribution is 7.91. The number of hydrogen-bond acceptors (Lipinski definition) is 9. The Morgan fingerprint density at radius 2 is 2.16 bits per heavy atom. The van der Waals surface area contributed by atoms with Crippen LogP contribution in [0.5, 0.6) is 0 Å². The molecule has 1 aliphatic rings. The smallest absolute Gasteiger partial charge is 0.302 e. The van der Waals surface area contributed by atoms with E-state index in [9.17, 15) is 13.2 Å². The van der Waals surface area contributed by atoms with Gasteiger partial charge in [-0.1, -0.05) is 0 Å². The molecule has 0 radical (unpaired) electrons.